The third-order valence-electron chi connectivity index (χ3n) is 2.87. The van der Waals surface area contributed by atoms with Gasteiger partial charge in [0.1, 0.15) is 4.90 Å². The Morgan fingerprint density at radius 3 is 2.79 bits per heavy atom. The molecule has 104 valence electrons. The van der Waals surface area contributed by atoms with Gasteiger partial charge in [-0.15, -0.1) is 0 Å². The Labute approximate surface area is 112 Å². The van der Waals surface area contributed by atoms with Crippen LogP contribution >= 0.6 is 0 Å². The third kappa shape index (κ3) is 3.30. The van der Waals surface area contributed by atoms with E-state index in [1.165, 1.54) is 22.8 Å². The first-order valence-electron chi connectivity index (χ1n) is 6.24. The Kier molecular flexibility index (Phi) is 4.16. The molecule has 0 saturated heterocycles. The van der Waals surface area contributed by atoms with E-state index in [9.17, 15) is 13.2 Å². The number of hydrogen-bond acceptors (Lipinski definition) is 4. The zero-order valence-corrected chi connectivity index (χ0v) is 11.6. The second-order valence-corrected chi connectivity index (χ2v) is 6.31. The molecule has 0 bridgehead atoms. The summed E-state index contributed by atoms with van der Waals surface area (Å²) in [5.41, 5.74) is 0. The fraction of sp³-hybridized carbons (Fsp3) is 0.500. The van der Waals surface area contributed by atoms with Crippen LogP contribution < -0.4 is 5.32 Å². The van der Waals surface area contributed by atoms with E-state index in [0.717, 1.165) is 12.8 Å². The molecule has 1 heterocycles. The Morgan fingerprint density at radius 1 is 1.53 bits per heavy atom. The Bertz CT molecular complexity index is 541. The summed E-state index contributed by atoms with van der Waals surface area (Å²) in [6.07, 6.45) is 4.44. The van der Waals surface area contributed by atoms with Gasteiger partial charge in [-0.3, -0.25) is 9.78 Å². The van der Waals surface area contributed by atoms with Crippen molar-refractivity contribution in [3.05, 3.63) is 24.5 Å². The summed E-state index contributed by atoms with van der Waals surface area (Å²) in [5, 5.41) is 2.62. The molecule has 1 aliphatic carbocycles. The molecule has 1 aromatic heterocycles. The minimum absolute atomic E-state index is 0.0622. The van der Waals surface area contributed by atoms with E-state index in [1.807, 2.05) is 0 Å². The first-order valence-corrected chi connectivity index (χ1v) is 7.68. The number of rotatable bonds is 6. The number of nitrogens with zero attached hydrogens (tertiary/aromatic N) is 2. The van der Waals surface area contributed by atoms with Crippen LogP contribution in [-0.2, 0) is 14.8 Å². The summed E-state index contributed by atoms with van der Waals surface area (Å²) in [6, 6.07) is 3.01. The standard InChI is InChI=1S/C12H17N3O3S/c1-2-14-12(16)9-15(10-5-6-10)19(17,18)11-4-3-7-13-8-11/h3-4,7-8,10H,2,5-6,9H2,1H3,(H,14,16). The Hall–Kier alpha value is -1.47. The van der Waals surface area contributed by atoms with Gasteiger partial charge in [0.25, 0.3) is 0 Å². The van der Waals surface area contributed by atoms with E-state index in [-0.39, 0.29) is 23.4 Å². The van der Waals surface area contributed by atoms with Gasteiger partial charge in [0.2, 0.25) is 15.9 Å². The molecular formula is C12H17N3O3S. The number of aromatic nitrogens is 1. The van der Waals surface area contributed by atoms with Gasteiger partial charge >= 0.3 is 0 Å². The van der Waals surface area contributed by atoms with Crippen molar-refractivity contribution in [3.8, 4) is 0 Å². The van der Waals surface area contributed by atoms with Crippen LogP contribution in [0.25, 0.3) is 0 Å². The highest BCUT2D eigenvalue weighted by molar-refractivity contribution is 7.89. The average Bonchev–Trinajstić information content (AvgIpc) is 3.21. The topological polar surface area (TPSA) is 79.4 Å². The lowest BCUT2D eigenvalue weighted by Crippen LogP contribution is -2.41. The molecule has 7 heteroatoms. The third-order valence-corrected chi connectivity index (χ3v) is 4.75. The van der Waals surface area contributed by atoms with Crippen molar-refractivity contribution in [2.45, 2.75) is 30.7 Å². The van der Waals surface area contributed by atoms with E-state index >= 15 is 0 Å². The van der Waals surface area contributed by atoms with Gasteiger partial charge < -0.3 is 5.32 Å². The van der Waals surface area contributed by atoms with Crippen LogP contribution in [0.5, 0.6) is 0 Å². The van der Waals surface area contributed by atoms with Gasteiger partial charge in [-0.05, 0) is 31.9 Å². The molecular weight excluding hydrogens is 266 g/mol. The van der Waals surface area contributed by atoms with E-state index in [1.54, 1.807) is 13.0 Å². The monoisotopic (exact) mass is 283 g/mol. The van der Waals surface area contributed by atoms with Crippen molar-refractivity contribution < 1.29 is 13.2 Å². The van der Waals surface area contributed by atoms with Crippen LogP contribution in [0.3, 0.4) is 0 Å². The van der Waals surface area contributed by atoms with Crippen molar-refractivity contribution in [1.82, 2.24) is 14.6 Å². The summed E-state index contributed by atoms with van der Waals surface area (Å²) >= 11 is 0. The van der Waals surface area contributed by atoms with E-state index in [2.05, 4.69) is 10.3 Å². The summed E-state index contributed by atoms with van der Waals surface area (Å²) < 4.78 is 26.2. The lowest BCUT2D eigenvalue weighted by atomic mass is 10.5. The minimum Gasteiger partial charge on any atom is -0.355 e. The van der Waals surface area contributed by atoms with Crippen LogP contribution in [0, 0.1) is 0 Å². The maximum atomic E-state index is 12.5. The highest BCUT2D eigenvalue weighted by Gasteiger charge is 2.39. The molecule has 1 aliphatic rings. The molecule has 1 aromatic rings. The molecule has 0 radical (unpaired) electrons. The second-order valence-electron chi connectivity index (χ2n) is 4.42. The number of likely N-dealkylation sites (N-methyl/N-ethyl adjacent to an activating group) is 1. The largest absolute Gasteiger partial charge is 0.355 e. The van der Waals surface area contributed by atoms with Gasteiger partial charge in [0, 0.05) is 25.0 Å². The molecule has 6 nitrogen and oxygen atoms in total. The van der Waals surface area contributed by atoms with Crippen molar-refractivity contribution in [3.63, 3.8) is 0 Å². The maximum absolute atomic E-state index is 12.5. The van der Waals surface area contributed by atoms with Crippen molar-refractivity contribution >= 4 is 15.9 Å². The van der Waals surface area contributed by atoms with Crippen molar-refractivity contribution in [2.24, 2.45) is 0 Å². The molecule has 0 aromatic carbocycles. The number of nitrogens with one attached hydrogen (secondary N) is 1. The van der Waals surface area contributed by atoms with Crippen LogP contribution in [0.1, 0.15) is 19.8 Å². The van der Waals surface area contributed by atoms with Crippen LogP contribution in [0.4, 0.5) is 0 Å². The fourth-order valence-corrected chi connectivity index (χ4v) is 3.41. The molecule has 0 atom stereocenters. The number of amides is 1. The molecule has 1 fully saturated rings. The van der Waals surface area contributed by atoms with Crippen LogP contribution in [0.2, 0.25) is 0 Å². The SMILES string of the molecule is CCNC(=O)CN(C1CC1)S(=O)(=O)c1cccnc1. The number of pyridine rings is 1. The number of sulfonamides is 1. The predicted octanol–water partition coefficient (Wildman–Crippen LogP) is 0.371. The van der Waals surface area contributed by atoms with E-state index in [0.29, 0.717) is 6.54 Å². The van der Waals surface area contributed by atoms with Crippen LogP contribution in [-0.4, -0.2) is 42.7 Å². The average molecular weight is 283 g/mol. The Balaban J connectivity index is 2.21. The highest BCUT2D eigenvalue weighted by atomic mass is 32.2. The first-order chi connectivity index (χ1) is 9.05. The summed E-state index contributed by atoms with van der Waals surface area (Å²) in [5.74, 6) is -0.276. The van der Waals surface area contributed by atoms with Gasteiger partial charge in [-0.1, -0.05) is 0 Å². The van der Waals surface area contributed by atoms with Crippen molar-refractivity contribution in [2.75, 3.05) is 13.1 Å². The van der Waals surface area contributed by atoms with Gasteiger partial charge in [-0.25, -0.2) is 8.42 Å². The maximum Gasteiger partial charge on any atom is 0.245 e. The summed E-state index contributed by atoms with van der Waals surface area (Å²) in [6.45, 7) is 2.16. The molecule has 0 spiro atoms. The van der Waals surface area contributed by atoms with Crippen molar-refractivity contribution in [1.29, 1.82) is 0 Å². The molecule has 19 heavy (non-hydrogen) atoms. The molecule has 0 aliphatic heterocycles. The summed E-state index contributed by atoms with van der Waals surface area (Å²) in [4.78, 5) is 15.6. The minimum atomic E-state index is -3.64. The molecule has 1 N–H and O–H groups in total. The smallest absolute Gasteiger partial charge is 0.245 e. The van der Waals surface area contributed by atoms with Gasteiger partial charge in [0.05, 0.1) is 6.54 Å². The molecule has 1 amide bonds. The van der Waals surface area contributed by atoms with Gasteiger partial charge in [-0.2, -0.15) is 4.31 Å². The van der Waals surface area contributed by atoms with Gasteiger partial charge in [0.15, 0.2) is 0 Å². The second kappa shape index (κ2) is 5.66. The highest BCUT2D eigenvalue weighted by Crippen LogP contribution is 2.31. The molecule has 2 rings (SSSR count). The van der Waals surface area contributed by atoms with E-state index in [4.69, 9.17) is 0 Å². The molecule has 0 unspecified atom stereocenters. The lowest BCUT2D eigenvalue weighted by molar-refractivity contribution is -0.121. The lowest BCUT2D eigenvalue weighted by Gasteiger charge is -2.21. The number of hydrogen-bond donors (Lipinski definition) is 1. The fourth-order valence-electron chi connectivity index (χ4n) is 1.80. The Morgan fingerprint density at radius 2 is 2.26 bits per heavy atom. The normalized spacial score (nSPS) is 15.5. The number of carbonyl (C=O) groups excluding carboxylic acids is 1. The summed E-state index contributed by atoms with van der Waals surface area (Å²) in [7, 11) is -3.64. The quantitative estimate of drug-likeness (QED) is 0.818. The predicted molar refractivity (Wildman–Crippen MR) is 69.8 cm³/mol. The zero-order valence-electron chi connectivity index (χ0n) is 10.7. The van der Waals surface area contributed by atoms with Crippen LogP contribution in [0.15, 0.2) is 29.4 Å². The number of carbonyl (C=O) groups is 1. The first kappa shape index (κ1) is 14.0. The van der Waals surface area contributed by atoms with E-state index < -0.39 is 10.0 Å². The zero-order chi connectivity index (χ0) is 13.9. The molecule has 1 saturated carbocycles.